The van der Waals surface area contributed by atoms with Crippen LogP contribution in [-0.2, 0) is 17.6 Å². The molecule has 2 unspecified atom stereocenters. The van der Waals surface area contributed by atoms with Gasteiger partial charge < -0.3 is 10.5 Å². The maximum Gasteiger partial charge on any atom is 0.0543 e. The molecular formula is C14H24N2O. The van der Waals surface area contributed by atoms with Gasteiger partial charge in [-0.15, -0.1) is 0 Å². The van der Waals surface area contributed by atoms with Gasteiger partial charge in [-0.3, -0.25) is 4.98 Å². The Balaban J connectivity index is 2.36. The smallest absolute Gasteiger partial charge is 0.0543 e. The van der Waals surface area contributed by atoms with E-state index in [1.807, 2.05) is 6.20 Å². The fourth-order valence-corrected chi connectivity index (χ4v) is 1.72. The fraction of sp³-hybridized carbons (Fsp3) is 0.643. The van der Waals surface area contributed by atoms with Crippen molar-refractivity contribution in [3.8, 4) is 0 Å². The minimum absolute atomic E-state index is 0.174. The molecule has 0 bridgehead atoms. The van der Waals surface area contributed by atoms with Gasteiger partial charge in [0.1, 0.15) is 0 Å². The first kappa shape index (κ1) is 14.1. The highest BCUT2D eigenvalue weighted by atomic mass is 16.5. The molecule has 0 saturated carbocycles. The molecule has 0 radical (unpaired) electrons. The zero-order chi connectivity index (χ0) is 12.7. The molecule has 2 atom stereocenters. The van der Waals surface area contributed by atoms with Crippen LogP contribution in [0.2, 0.25) is 0 Å². The minimum Gasteiger partial charge on any atom is -0.382 e. The normalized spacial score (nSPS) is 14.6. The Morgan fingerprint density at radius 2 is 2.12 bits per heavy atom. The second kappa shape index (κ2) is 7.41. The third-order valence-corrected chi connectivity index (χ3v) is 3.11. The Bertz CT molecular complexity index is 311. The van der Waals surface area contributed by atoms with E-state index < -0.39 is 0 Å². The standard InChI is InChI=1S/C14H24N2O/c1-4-12-6-8-14(16-10-12)9-13(15)7-5-11(2)17-3/h6,8,10-11,13H,4-5,7,9,15H2,1-3H3. The molecule has 0 aliphatic rings. The van der Waals surface area contributed by atoms with Crippen LogP contribution in [0.25, 0.3) is 0 Å². The fourth-order valence-electron chi connectivity index (χ4n) is 1.72. The van der Waals surface area contributed by atoms with E-state index in [-0.39, 0.29) is 12.1 Å². The van der Waals surface area contributed by atoms with Gasteiger partial charge in [0.05, 0.1) is 6.10 Å². The number of ether oxygens (including phenoxy) is 1. The van der Waals surface area contributed by atoms with E-state index in [0.717, 1.165) is 31.4 Å². The second-order valence-electron chi connectivity index (χ2n) is 4.60. The summed E-state index contributed by atoms with van der Waals surface area (Å²) in [5, 5.41) is 0. The molecule has 0 aromatic carbocycles. The molecule has 3 nitrogen and oxygen atoms in total. The number of methoxy groups -OCH3 is 1. The van der Waals surface area contributed by atoms with Crippen molar-refractivity contribution in [2.24, 2.45) is 5.73 Å². The van der Waals surface area contributed by atoms with Gasteiger partial charge in [-0.05, 0) is 37.8 Å². The Labute approximate surface area is 104 Å². The number of hydrogen-bond acceptors (Lipinski definition) is 3. The van der Waals surface area contributed by atoms with Gasteiger partial charge in [0.2, 0.25) is 0 Å². The highest BCUT2D eigenvalue weighted by molar-refractivity contribution is 5.14. The molecule has 17 heavy (non-hydrogen) atoms. The summed E-state index contributed by atoms with van der Waals surface area (Å²) in [5.41, 5.74) is 8.44. The summed E-state index contributed by atoms with van der Waals surface area (Å²) in [6, 6.07) is 4.39. The maximum absolute atomic E-state index is 6.08. The van der Waals surface area contributed by atoms with Gasteiger partial charge in [0.25, 0.3) is 0 Å². The van der Waals surface area contributed by atoms with E-state index in [2.05, 4.69) is 31.0 Å². The molecule has 0 saturated heterocycles. The van der Waals surface area contributed by atoms with E-state index in [9.17, 15) is 0 Å². The summed E-state index contributed by atoms with van der Waals surface area (Å²) in [6.07, 6.45) is 6.10. The quantitative estimate of drug-likeness (QED) is 0.790. The first-order chi connectivity index (χ1) is 8.15. The number of nitrogens with zero attached hydrogens (tertiary/aromatic N) is 1. The molecule has 2 N–H and O–H groups in total. The minimum atomic E-state index is 0.174. The molecule has 1 rings (SSSR count). The molecule has 1 aromatic heterocycles. The molecule has 0 aliphatic heterocycles. The lowest BCUT2D eigenvalue weighted by molar-refractivity contribution is 0.107. The number of aromatic nitrogens is 1. The number of hydrogen-bond donors (Lipinski definition) is 1. The summed E-state index contributed by atoms with van der Waals surface area (Å²) in [5.74, 6) is 0. The van der Waals surface area contributed by atoms with Crippen molar-refractivity contribution in [1.29, 1.82) is 0 Å². The lowest BCUT2D eigenvalue weighted by atomic mass is 10.0. The molecular weight excluding hydrogens is 212 g/mol. The molecule has 0 spiro atoms. The average Bonchev–Trinajstić information content (AvgIpc) is 2.36. The third-order valence-electron chi connectivity index (χ3n) is 3.11. The molecule has 1 heterocycles. The monoisotopic (exact) mass is 236 g/mol. The van der Waals surface area contributed by atoms with Crippen molar-refractivity contribution < 1.29 is 4.74 Å². The molecule has 0 aliphatic carbocycles. The lowest BCUT2D eigenvalue weighted by Crippen LogP contribution is -2.25. The van der Waals surface area contributed by atoms with Crippen molar-refractivity contribution in [2.45, 2.75) is 51.7 Å². The highest BCUT2D eigenvalue weighted by Gasteiger charge is 2.08. The number of rotatable bonds is 7. The van der Waals surface area contributed by atoms with Crippen LogP contribution in [0.1, 0.15) is 37.9 Å². The van der Waals surface area contributed by atoms with Crippen LogP contribution in [0.4, 0.5) is 0 Å². The van der Waals surface area contributed by atoms with Crippen LogP contribution < -0.4 is 5.73 Å². The van der Waals surface area contributed by atoms with Crippen molar-refractivity contribution in [1.82, 2.24) is 4.98 Å². The summed E-state index contributed by atoms with van der Waals surface area (Å²) < 4.78 is 5.21. The Morgan fingerprint density at radius 1 is 1.35 bits per heavy atom. The van der Waals surface area contributed by atoms with Gasteiger partial charge in [-0.1, -0.05) is 13.0 Å². The largest absolute Gasteiger partial charge is 0.382 e. The van der Waals surface area contributed by atoms with Crippen molar-refractivity contribution in [3.05, 3.63) is 29.6 Å². The van der Waals surface area contributed by atoms with Crippen LogP contribution >= 0.6 is 0 Å². The van der Waals surface area contributed by atoms with E-state index in [4.69, 9.17) is 10.5 Å². The number of pyridine rings is 1. The predicted molar refractivity (Wildman–Crippen MR) is 71.0 cm³/mol. The van der Waals surface area contributed by atoms with Crippen molar-refractivity contribution in [2.75, 3.05) is 7.11 Å². The van der Waals surface area contributed by atoms with E-state index in [1.54, 1.807) is 7.11 Å². The Morgan fingerprint density at radius 3 is 2.65 bits per heavy atom. The highest BCUT2D eigenvalue weighted by Crippen LogP contribution is 2.08. The SMILES string of the molecule is CCc1ccc(CC(N)CCC(C)OC)nc1. The zero-order valence-corrected chi connectivity index (χ0v) is 11.1. The second-order valence-corrected chi connectivity index (χ2v) is 4.60. The lowest BCUT2D eigenvalue weighted by Gasteiger charge is -2.14. The van der Waals surface area contributed by atoms with Gasteiger partial charge in [0.15, 0.2) is 0 Å². The summed E-state index contributed by atoms with van der Waals surface area (Å²) >= 11 is 0. The maximum atomic E-state index is 6.08. The van der Waals surface area contributed by atoms with Crippen molar-refractivity contribution >= 4 is 0 Å². The van der Waals surface area contributed by atoms with Gasteiger partial charge in [-0.2, -0.15) is 0 Å². The van der Waals surface area contributed by atoms with Crippen LogP contribution in [-0.4, -0.2) is 24.2 Å². The summed E-state index contributed by atoms with van der Waals surface area (Å²) in [4.78, 5) is 4.43. The first-order valence-electron chi connectivity index (χ1n) is 6.37. The van der Waals surface area contributed by atoms with E-state index >= 15 is 0 Å². The van der Waals surface area contributed by atoms with Gasteiger partial charge in [0, 0.05) is 31.5 Å². The van der Waals surface area contributed by atoms with Crippen LogP contribution in [0.15, 0.2) is 18.3 Å². The zero-order valence-electron chi connectivity index (χ0n) is 11.1. The molecule has 96 valence electrons. The van der Waals surface area contributed by atoms with E-state index in [0.29, 0.717) is 0 Å². The third kappa shape index (κ3) is 5.29. The Hall–Kier alpha value is -0.930. The average molecular weight is 236 g/mol. The number of aryl methyl sites for hydroxylation is 1. The van der Waals surface area contributed by atoms with Crippen molar-refractivity contribution in [3.63, 3.8) is 0 Å². The molecule has 1 aromatic rings. The predicted octanol–water partition coefficient (Wildman–Crippen LogP) is 2.33. The molecule has 0 amide bonds. The van der Waals surface area contributed by atoms with Crippen LogP contribution in [0.5, 0.6) is 0 Å². The van der Waals surface area contributed by atoms with Crippen LogP contribution in [0.3, 0.4) is 0 Å². The first-order valence-corrected chi connectivity index (χ1v) is 6.37. The number of nitrogens with two attached hydrogens (primary N) is 1. The van der Waals surface area contributed by atoms with Gasteiger partial charge in [-0.25, -0.2) is 0 Å². The Kier molecular flexibility index (Phi) is 6.16. The topological polar surface area (TPSA) is 48.1 Å². The molecule has 0 fully saturated rings. The summed E-state index contributed by atoms with van der Waals surface area (Å²) in [6.45, 7) is 4.20. The van der Waals surface area contributed by atoms with Gasteiger partial charge >= 0.3 is 0 Å². The molecule has 3 heteroatoms. The summed E-state index contributed by atoms with van der Waals surface area (Å²) in [7, 11) is 1.74. The van der Waals surface area contributed by atoms with E-state index in [1.165, 1.54) is 5.56 Å². The van der Waals surface area contributed by atoms with Crippen LogP contribution in [0, 0.1) is 0 Å².